The van der Waals surface area contributed by atoms with E-state index in [9.17, 15) is 0 Å². The average molecular weight is 271 g/mol. The van der Waals surface area contributed by atoms with Gasteiger partial charge < -0.3 is 0 Å². The van der Waals surface area contributed by atoms with Crippen molar-refractivity contribution in [2.24, 2.45) is 0 Å². The lowest BCUT2D eigenvalue weighted by molar-refractivity contribution is 0.634. The summed E-state index contributed by atoms with van der Waals surface area (Å²) in [4.78, 5) is 2.35. The zero-order valence-corrected chi connectivity index (χ0v) is 10.3. The van der Waals surface area contributed by atoms with E-state index in [2.05, 4.69) is 34.2 Å². The Hall–Kier alpha value is -0.370. The van der Waals surface area contributed by atoms with E-state index in [1.807, 2.05) is 6.07 Å². The molecule has 1 heterocycles. The normalized spacial score (nSPS) is 17.8. The largest absolute Gasteiger partial charge is 0.295 e. The number of nitriles is 1. The number of hydrogen-bond acceptors (Lipinski definition) is 3. The maximum absolute atomic E-state index is 9.04. The summed E-state index contributed by atoms with van der Waals surface area (Å²) in [7, 11) is 0. The van der Waals surface area contributed by atoms with E-state index >= 15 is 0 Å². The van der Waals surface area contributed by atoms with Crippen LogP contribution in [0.3, 0.4) is 0 Å². The smallest absolute Gasteiger partial charge is 0.130 e. The van der Waals surface area contributed by atoms with Crippen LogP contribution in [-0.4, -0.2) is 6.04 Å². The van der Waals surface area contributed by atoms with E-state index in [0.29, 0.717) is 6.04 Å². The fourth-order valence-corrected chi connectivity index (χ4v) is 2.86. The van der Waals surface area contributed by atoms with E-state index in [0.717, 1.165) is 9.35 Å². The molecule has 1 atom stereocenters. The van der Waals surface area contributed by atoms with Crippen LogP contribution in [0, 0.1) is 18.3 Å². The van der Waals surface area contributed by atoms with Crippen molar-refractivity contribution in [3.05, 3.63) is 20.3 Å². The van der Waals surface area contributed by atoms with Gasteiger partial charge in [-0.05, 0) is 41.8 Å². The first-order valence-corrected chi connectivity index (χ1v) is 6.23. The summed E-state index contributed by atoms with van der Waals surface area (Å²) >= 11 is 5.15. The minimum Gasteiger partial charge on any atom is -0.295 e. The number of rotatable bonds is 3. The van der Waals surface area contributed by atoms with Gasteiger partial charge in [0.2, 0.25) is 0 Å². The van der Waals surface area contributed by atoms with E-state index < -0.39 is 0 Å². The first-order chi connectivity index (χ1) is 6.70. The van der Waals surface area contributed by atoms with E-state index in [1.54, 1.807) is 11.3 Å². The Morgan fingerprint density at radius 2 is 2.43 bits per heavy atom. The molecule has 74 valence electrons. The summed E-state index contributed by atoms with van der Waals surface area (Å²) in [6.45, 7) is 2.06. The van der Waals surface area contributed by atoms with Crippen LogP contribution in [0.2, 0.25) is 0 Å². The Balaban J connectivity index is 2.14. The summed E-state index contributed by atoms with van der Waals surface area (Å²) in [5.41, 5.74) is 0. The van der Waals surface area contributed by atoms with Crippen molar-refractivity contribution in [2.75, 3.05) is 0 Å². The monoisotopic (exact) mass is 270 g/mol. The minimum absolute atomic E-state index is 0.127. The van der Waals surface area contributed by atoms with Crippen LogP contribution < -0.4 is 5.32 Å². The van der Waals surface area contributed by atoms with Crippen molar-refractivity contribution in [3.8, 4) is 6.07 Å². The molecule has 1 unspecified atom stereocenters. The van der Waals surface area contributed by atoms with Gasteiger partial charge in [-0.3, -0.25) is 5.32 Å². The lowest BCUT2D eigenvalue weighted by Gasteiger charge is -2.07. The van der Waals surface area contributed by atoms with Crippen LogP contribution in [0.15, 0.2) is 10.5 Å². The van der Waals surface area contributed by atoms with Crippen molar-refractivity contribution < 1.29 is 0 Å². The van der Waals surface area contributed by atoms with E-state index in [1.165, 1.54) is 17.7 Å². The second-order valence-corrected chi connectivity index (χ2v) is 5.70. The van der Waals surface area contributed by atoms with Crippen molar-refractivity contribution in [2.45, 2.75) is 31.8 Å². The number of halogens is 1. The quantitative estimate of drug-likeness (QED) is 0.916. The molecule has 1 saturated carbocycles. The Bertz CT molecular complexity index is 356. The molecule has 0 aromatic carbocycles. The van der Waals surface area contributed by atoms with Crippen molar-refractivity contribution in [3.63, 3.8) is 0 Å². The molecule has 0 radical (unpaired) electrons. The summed E-state index contributed by atoms with van der Waals surface area (Å²) in [6.07, 6.45) is 2.42. The van der Waals surface area contributed by atoms with Gasteiger partial charge in [0.1, 0.15) is 6.04 Å². The third-order valence-corrected chi connectivity index (χ3v) is 4.47. The zero-order chi connectivity index (χ0) is 10.1. The van der Waals surface area contributed by atoms with Gasteiger partial charge in [0.15, 0.2) is 0 Å². The summed E-state index contributed by atoms with van der Waals surface area (Å²) in [5, 5.41) is 12.4. The average Bonchev–Trinajstić information content (AvgIpc) is 2.91. The van der Waals surface area contributed by atoms with Crippen LogP contribution in [0.1, 0.15) is 28.6 Å². The van der Waals surface area contributed by atoms with E-state index in [4.69, 9.17) is 5.26 Å². The molecule has 1 N–H and O–H groups in total. The van der Waals surface area contributed by atoms with Gasteiger partial charge in [0.25, 0.3) is 0 Å². The molecule has 0 saturated heterocycles. The van der Waals surface area contributed by atoms with Crippen LogP contribution in [-0.2, 0) is 0 Å². The van der Waals surface area contributed by atoms with E-state index in [-0.39, 0.29) is 6.04 Å². The fraction of sp³-hybridized carbons (Fsp3) is 0.500. The van der Waals surface area contributed by atoms with Gasteiger partial charge in [0.05, 0.1) is 6.07 Å². The number of aryl methyl sites for hydroxylation is 1. The fourth-order valence-electron chi connectivity index (χ4n) is 1.29. The molecular weight excluding hydrogens is 260 g/mol. The molecule has 2 rings (SSSR count). The third-order valence-electron chi connectivity index (χ3n) is 2.27. The summed E-state index contributed by atoms with van der Waals surface area (Å²) in [5.74, 6) is 0. The van der Waals surface area contributed by atoms with Gasteiger partial charge in [-0.1, -0.05) is 0 Å². The molecule has 1 fully saturated rings. The van der Waals surface area contributed by atoms with Crippen molar-refractivity contribution in [1.29, 1.82) is 5.26 Å². The molecule has 0 spiro atoms. The second kappa shape index (κ2) is 4.01. The third kappa shape index (κ3) is 2.17. The summed E-state index contributed by atoms with van der Waals surface area (Å²) in [6, 6.07) is 4.80. The van der Waals surface area contributed by atoms with Crippen LogP contribution >= 0.6 is 27.3 Å². The van der Waals surface area contributed by atoms with Crippen molar-refractivity contribution in [1.82, 2.24) is 5.32 Å². The first-order valence-electron chi connectivity index (χ1n) is 4.62. The van der Waals surface area contributed by atoms with Crippen LogP contribution in [0.4, 0.5) is 0 Å². The first kappa shape index (κ1) is 10.2. The molecule has 0 bridgehead atoms. The lowest BCUT2D eigenvalue weighted by Crippen LogP contribution is -2.21. The molecule has 2 nitrogen and oxygen atoms in total. The van der Waals surface area contributed by atoms with Crippen molar-refractivity contribution >= 4 is 27.3 Å². The zero-order valence-electron chi connectivity index (χ0n) is 7.88. The highest BCUT2D eigenvalue weighted by Crippen LogP contribution is 2.32. The Morgan fingerprint density at radius 3 is 2.86 bits per heavy atom. The van der Waals surface area contributed by atoms with Gasteiger partial charge in [-0.2, -0.15) is 5.26 Å². The Kier molecular flexibility index (Phi) is 2.91. The number of nitrogens with one attached hydrogen (secondary N) is 1. The number of hydrogen-bond donors (Lipinski definition) is 1. The molecule has 1 aliphatic rings. The second-order valence-electron chi connectivity index (χ2n) is 3.56. The number of nitrogens with zero attached hydrogens (tertiary/aromatic N) is 1. The van der Waals surface area contributed by atoms with Gasteiger partial charge in [0, 0.05) is 20.3 Å². The van der Waals surface area contributed by atoms with Gasteiger partial charge in [-0.15, -0.1) is 11.3 Å². The van der Waals surface area contributed by atoms with Crippen LogP contribution in [0.25, 0.3) is 0 Å². The minimum atomic E-state index is -0.127. The SMILES string of the molecule is Cc1sc(C(C#N)NC2CC2)cc1Br. The summed E-state index contributed by atoms with van der Waals surface area (Å²) < 4.78 is 1.11. The Morgan fingerprint density at radius 1 is 1.71 bits per heavy atom. The van der Waals surface area contributed by atoms with Gasteiger partial charge >= 0.3 is 0 Å². The predicted molar refractivity (Wildman–Crippen MR) is 61.3 cm³/mol. The molecule has 14 heavy (non-hydrogen) atoms. The Labute approximate surface area is 96.1 Å². The molecule has 0 amide bonds. The molecular formula is C10H11BrN2S. The predicted octanol–water partition coefficient (Wildman–Crippen LogP) is 3.14. The number of thiophene rings is 1. The molecule has 4 heteroatoms. The highest BCUT2D eigenvalue weighted by Gasteiger charge is 2.26. The molecule has 1 aromatic heterocycles. The topological polar surface area (TPSA) is 35.8 Å². The molecule has 1 aromatic rings. The standard InChI is InChI=1S/C10H11BrN2S/c1-6-8(11)4-10(14-6)9(5-12)13-7-2-3-7/h4,7,9,13H,2-3H2,1H3. The highest BCUT2D eigenvalue weighted by molar-refractivity contribution is 9.10. The maximum Gasteiger partial charge on any atom is 0.130 e. The highest BCUT2D eigenvalue weighted by atomic mass is 79.9. The van der Waals surface area contributed by atoms with Gasteiger partial charge in [-0.25, -0.2) is 0 Å². The maximum atomic E-state index is 9.04. The van der Waals surface area contributed by atoms with Crippen LogP contribution in [0.5, 0.6) is 0 Å². The molecule has 0 aliphatic heterocycles. The molecule has 1 aliphatic carbocycles. The lowest BCUT2D eigenvalue weighted by atomic mass is 10.2.